The molecule has 0 atom stereocenters. The standard InChI is InChI=1S/C18H23N/c1-4-18-10-9-17(11-15(18)3)13-19-12-16-7-5-14(2)6-8-16/h5-11,19H,4,12-13H2,1-3H3. The van der Waals surface area contributed by atoms with E-state index in [4.69, 9.17) is 0 Å². The summed E-state index contributed by atoms with van der Waals surface area (Å²) in [6, 6.07) is 15.5. The van der Waals surface area contributed by atoms with Crippen LogP contribution in [0.15, 0.2) is 42.5 Å². The van der Waals surface area contributed by atoms with Gasteiger partial charge in [-0.05, 0) is 42.5 Å². The van der Waals surface area contributed by atoms with Crippen molar-refractivity contribution in [1.29, 1.82) is 0 Å². The zero-order chi connectivity index (χ0) is 13.7. The molecule has 0 aliphatic heterocycles. The summed E-state index contributed by atoms with van der Waals surface area (Å²) in [5.74, 6) is 0. The molecule has 0 aromatic heterocycles. The van der Waals surface area contributed by atoms with Gasteiger partial charge in [0.2, 0.25) is 0 Å². The van der Waals surface area contributed by atoms with Gasteiger partial charge in [0.15, 0.2) is 0 Å². The maximum absolute atomic E-state index is 3.50. The van der Waals surface area contributed by atoms with E-state index < -0.39 is 0 Å². The van der Waals surface area contributed by atoms with Crippen molar-refractivity contribution < 1.29 is 0 Å². The average molecular weight is 253 g/mol. The van der Waals surface area contributed by atoms with Crippen LogP contribution in [-0.2, 0) is 19.5 Å². The molecule has 0 amide bonds. The molecule has 0 saturated carbocycles. The predicted octanol–water partition coefficient (Wildman–Crippen LogP) is 4.16. The summed E-state index contributed by atoms with van der Waals surface area (Å²) in [6.07, 6.45) is 1.11. The van der Waals surface area contributed by atoms with Crippen LogP contribution < -0.4 is 5.32 Å². The Kier molecular flexibility index (Phi) is 4.75. The number of benzene rings is 2. The molecule has 0 aliphatic carbocycles. The van der Waals surface area contributed by atoms with Crippen LogP contribution in [0.5, 0.6) is 0 Å². The first-order valence-corrected chi connectivity index (χ1v) is 7.03. The lowest BCUT2D eigenvalue weighted by Gasteiger charge is -2.08. The predicted molar refractivity (Wildman–Crippen MR) is 82.3 cm³/mol. The largest absolute Gasteiger partial charge is 0.309 e. The van der Waals surface area contributed by atoms with Crippen molar-refractivity contribution in [2.24, 2.45) is 0 Å². The summed E-state index contributed by atoms with van der Waals surface area (Å²) in [7, 11) is 0. The van der Waals surface area contributed by atoms with Crippen molar-refractivity contribution >= 4 is 0 Å². The highest BCUT2D eigenvalue weighted by Crippen LogP contribution is 2.12. The van der Waals surface area contributed by atoms with Gasteiger partial charge in [-0.1, -0.05) is 55.0 Å². The average Bonchev–Trinajstić information content (AvgIpc) is 2.41. The Hall–Kier alpha value is -1.60. The molecular weight excluding hydrogens is 230 g/mol. The van der Waals surface area contributed by atoms with E-state index in [2.05, 4.69) is 68.6 Å². The summed E-state index contributed by atoms with van der Waals surface area (Å²) in [4.78, 5) is 0. The molecule has 0 fully saturated rings. The Balaban J connectivity index is 1.88. The zero-order valence-electron chi connectivity index (χ0n) is 12.2. The van der Waals surface area contributed by atoms with Crippen LogP contribution in [0.25, 0.3) is 0 Å². The van der Waals surface area contributed by atoms with Crippen LogP contribution in [0, 0.1) is 13.8 Å². The molecule has 1 nitrogen and oxygen atoms in total. The second kappa shape index (κ2) is 6.53. The van der Waals surface area contributed by atoms with E-state index in [1.54, 1.807) is 0 Å². The second-order valence-corrected chi connectivity index (χ2v) is 5.20. The van der Waals surface area contributed by atoms with Crippen LogP contribution in [0.2, 0.25) is 0 Å². The molecule has 0 bridgehead atoms. The summed E-state index contributed by atoms with van der Waals surface area (Å²) in [5.41, 5.74) is 6.86. The molecule has 0 spiro atoms. The Morgan fingerprint density at radius 3 is 2.11 bits per heavy atom. The van der Waals surface area contributed by atoms with Gasteiger partial charge in [0.1, 0.15) is 0 Å². The Bertz CT molecular complexity index is 526. The minimum atomic E-state index is 0.925. The van der Waals surface area contributed by atoms with Crippen molar-refractivity contribution in [3.63, 3.8) is 0 Å². The molecule has 2 aromatic carbocycles. The number of hydrogen-bond donors (Lipinski definition) is 1. The summed E-state index contributed by atoms with van der Waals surface area (Å²) >= 11 is 0. The van der Waals surface area contributed by atoms with E-state index >= 15 is 0 Å². The zero-order valence-corrected chi connectivity index (χ0v) is 12.2. The number of rotatable bonds is 5. The minimum Gasteiger partial charge on any atom is -0.309 e. The Labute approximate surface area is 116 Å². The third-order valence-electron chi connectivity index (χ3n) is 3.57. The monoisotopic (exact) mass is 253 g/mol. The minimum absolute atomic E-state index is 0.925. The van der Waals surface area contributed by atoms with E-state index in [1.165, 1.54) is 27.8 Å². The Morgan fingerprint density at radius 2 is 1.47 bits per heavy atom. The van der Waals surface area contributed by atoms with E-state index in [-0.39, 0.29) is 0 Å². The third kappa shape index (κ3) is 3.93. The fraction of sp³-hybridized carbons (Fsp3) is 0.333. The summed E-state index contributed by atoms with van der Waals surface area (Å²) in [6.45, 7) is 8.38. The first-order valence-electron chi connectivity index (χ1n) is 7.03. The molecular formula is C18H23N. The first kappa shape index (κ1) is 13.8. The van der Waals surface area contributed by atoms with E-state index in [0.29, 0.717) is 0 Å². The quantitative estimate of drug-likeness (QED) is 0.844. The smallest absolute Gasteiger partial charge is 0.0208 e. The molecule has 0 radical (unpaired) electrons. The van der Waals surface area contributed by atoms with Gasteiger partial charge in [0, 0.05) is 13.1 Å². The highest BCUT2D eigenvalue weighted by molar-refractivity contribution is 5.31. The van der Waals surface area contributed by atoms with Crippen molar-refractivity contribution in [3.05, 3.63) is 70.3 Å². The second-order valence-electron chi connectivity index (χ2n) is 5.20. The van der Waals surface area contributed by atoms with E-state index in [1.807, 2.05) is 0 Å². The molecule has 2 aromatic rings. The molecule has 100 valence electrons. The molecule has 0 aliphatic rings. The van der Waals surface area contributed by atoms with E-state index in [0.717, 1.165) is 19.5 Å². The van der Waals surface area contributed by atoms with Gasteiger partial charge in [0.25, 0.3) is 0 Å². The van der Waals surface area contributed by atoms with Crippen LogP contribution in [0.1, 0.15) is 34.7 Å². The number of hydrogen-bond acceptors (Lipinski definition) is 1. The lowest BCUT2D eigenvalue weighted by atomic mass is 10.0. The van der Waals surface area contributed by atoms with Crippen LogP contribution >= 0.6 is 0 Å². The van der Waals surface area contributed by atoms with Crippen molar-refractivity contribution in [2.75, 3.05) is 0 Å². The van der Waals surface area contributed by atoms with Crippen molar-refractivity contribution in [2.45, 2.75) is 40.3 Å². The van der Waals surface area contributed by atoms with Gasteiger partial charge >= 0.3 is 0 Å². The van der Waals surface area contributed by atoms with Gasteiger partial charge in [-0.15, -0.1) is 0 Å². The molecule has 0 saturated heterocycles. The fourth-order valence-corrected chi connectivity index (χ4v) is 2.32. The van der Waals surface area contributed by atoms with Crippen molar-refractivity contribution in [1.82, 2.24) is 5.32 Å². The topological polar surface area (TPSA) is 12.0 Å². The van der Waals surface area contributed by atoms with Gasteiger partial charge in [0.05, 0.1) is 0 Å². The van der Waals surface area contributed by atoms with Crippen molar-refractivity contribution in [3.8, 4) is 0 Å². The lowest BCUT2D eigenvalue weighted by molar-refractivity contribution is 0.692. The number of nitrogens with one attached hydrogen (secondary N) is 1. The SMILES string of the molecule is CCc1ccc(CNCc2ccc(C)cc2)cc1C. The molecule has 1 N–H and O–H groups in total. The highest BCUT2D eigenvalue weighted by Gasteiger charge is 1.99. The van der Waals surface area contributed by atoms with Crippen LogP contribution in [0.3, 0.4) is 0 Å². The van der Waals surface area contributed by atoms with Gasteiger partial charge in [-0.3, -0.25) is 0 Å². The maximum atomic E-state index is 3.50. The molecule has 0 heterocycles. The van der Waals surface area contributed by atoms with Gasteiger partial charge in [-0.2, -0.15) is 0 Å². The number of aryl methyl sites for hydroxylation is 3. The lowest BCUT2D eigenvalue weighted by Crippen LogP contribution is -2.12. The fourth-order valence-electron chi connectivity index (χ4n) is 2.32. The maximum Gasteiger partial charge on any atom is 0.0208 e. The van der Waals surface area contributed by atoms with Gasteiger partial charge in [-0.25, -0.2) is 0 Å². The summed E-state index contributed by atoms with van der Waals surface area (Å²) < 4.78 is 0. The van der Waals surface area contributed by atoms with Crippen LogP contribution in [-0.4, -0.2) is 0 Å². The molecule has 1 heteroatoms. The Morgan fingerprint density at radius 1 is 0.842 bits per heavy atom. The molecule has 0 unspecified atom stereocenters. The van der Waals surface area contributed by atoms with Gasteiger partial charge < -0.3 is 5.32 Å². The van der Waals surface area contributed by atoms with Crippen LogP contribution in [0.4, 0.5) is 0 Å². The highest BCUT2D eigenvalue weighted by atomic mass is 14.8. The summed E-state index contributed by atoms with van der Waals surface area (Å²) in [5, 5.41) is 3.50. The third-order valence-corrected chi connectivity index (χ3v) is 3.57. The molecule has 19 heavy (non-hydrogen) atoms. The normalized spacial score (nSPS) is 10.7. The van der Waals surface area contributed by atoms with E-state index in [9.17, 15) is 0 Å². The molecule has 2 rings (SSSR count). The first-order chi connectivity index (χ1) is 9.19.